The number of nitrogens with zero attached hydrogens (tertiary/aromatic N) is 1. The summed E-state index contributed by atoms with van der Waals surface area (Å²) < 4.78 is 5.09. The molecule has 0 saturated carbocycles. The van der Waals surface area contributed by atoms with Crippen molar-refractivity contribution in [2.45, 2.75) is 19.4 Å². The van der Waals surface area contributed by atoms with Gasteiger partial charge in [-0.05, 0) is 25.5 Å². The molecule has 4 heteroatoms. The largest absolute Gasteiger partial charge is 0.381 e. The lowest BCUT2D eigenvalue weighted by atomic mass is 10.1. The Morgan fingerprint density at radius 2 is 2.12 bits per heavy atom. The highest BCUT2D eigenvalue weighted by Gasteiger charge is 2.09. The molecule has 1 heterocycles. The summed E-state index contributed by atoms with van der Waals surface area (Å²) in [4.78, 5) is 0. The van der Waals surface area contributed by atoms with Crippen molar-refractivity contribution in [3.05, 3.63) is 47.7 Å². The number of hydrogen-bond acceptors (Lipinski definition) is 4. The van der Waals surface area contributed by atoms with Crippen LogP contribution in [0.4, 0.5) is 5.82 Å². The molecule has 0 aliphatic heterocycles. The molecule has 1 atom stereocenters. The number of nitrogens with one attached hydrogen (secondary N) is 1. The van der Waals surface area contributed by atoms with Crippen LogP contribution in [0.5, 0.6) is 0 Å². The lowest BCUT2D eigenvalue weighted by Crippen LogP contribution is -2.20. The Hall–Kier alpha value is -1.81. The summed E-state index contributed by atoms with van der Waals surface area (Å²) in [5.41, 5.74) is 6.83. The lowest BCUT2D eigenvalue weighted by molar-refractivity contribution is 0.349. The molecule has 0 amide bonds. The minimum absolute atomic E-state index is 0.128. The van der Waals surface area contributed by atoms with E-state index in [1.165, 1.54) is 5.56 Å². The predicted molar refractivity (Wildman–Crippen MR) is 67.5 cm³/mol. The van der Waals surface area contributed by atoms with Crippen molar-refractivity contribution in [3.8, 4) is 0 Å². The molecule has 0 aliphatic carbocycles. The Balaban J connectivity index is 1.79. The molecule has 1 aromatic heterocycles. The van der Waals surface area contributed by atoms with Gasteiger partial charge >= 0.3 is 0 Å². The smallest absolute Gasteiger partial charge is 0.167 e. The summed E-state index contributed by atoms with van der Waals surface area (Å²) in [5.74, 6) is 1.20. The maximum atomic E-state index is 5.50. The van der Waals surface area contributed by atoms with E-state index in [1.807, 2.05) is 13.0 Å². The van der Waals surface area contributed by atoms with Crippen LogP contribution in [0.3, 0.4) is 0 Å². The first-order valence-corrected chi connectivity index (χ1v) is 5.75. The average molecular weight is 231 g/mol. The molecule has 0 spiro atoms. The third-order valence-electron chi connectivity index (χ3n) is 2.68. The van der Waals surface area contributed by atoms with Crippen molar-refractivity contribution < 1.29 is 4.52 Å². The van der Waals surface area contributed by atoms with Gasteiger partial charge in [0.15, 0.2) is 11.6 Å². The van der Waals surface area contributed by atoms with Crippen LogP contribution in [0.2, 0.25) is 0 Å². The Kier molecular flexibility index (Phi) is 3.77. The average Bonchev–Trinajstić information content (AvgIpc) is 2.77. The molecule has 17 heavy (non-hydrogen) atoms. The van der Waals surface area contributed by atoms with Gasteiger partial charge in [-0.1, -0.05) is 35.5 Å². The Labute approximate surface area is 101 Å². The number of anilines is 1. The summed E-state index contributed by atoms with van der Waals surface area (Å²) in [7, 11) is 0. The van der Waals surface area contributed by atoms with Crippen LogP contribution < -0.4 is 11.1 Å². The Morgan fingerprint density at radius 3 is 2.76 bits per heavy atom. The highest BCUT2D eigenvalue weighted by Crippen LogP contribution is 2.14. The van der Waals surface area contributed by atoms with E-state index in [0.29, 0.717) is 5.82 Å². The summed E-state index contributed by atoms with van der Waals surface area (Å²) in [6.45, 7) is 2.93. The van der Waals surface area contributed by atoms with Crippen molar-refractivity contribution in [2.75, 3.05) is 12.3 Å². The minimum atomic E-state index is 0.128. The van der Waals surface area contributed by atoms with Gasteiger partial charge in [0.2, 0.25) is 0 Å². The van der Waals surface area contributed by atoms with Crippen LogP contribution in [0.25, 0.3) is 0 Å². The molecule has 0 saturated heterocycles. The molecule has 90 valence electrons. The number of aromatic nitrogens is 1. The van der Waals surface area contributed by atoms with Gasteiger partial charge in [0.25, 0.3) is 0 Å². The molecule has 2 rings (SSSR count). The number of rotatable bonds is 5. The zero-order valence-electron chi connectivity index (χ0n) is 9.89. The molecule has 0 bridgehead atoms. The van der Waals surface area contributed by atoms with Crippen molar-refractivity contribution in [2.24, 2.45) is 0 Å². The highest BCUT2D eigenvalue weighted by molar-refractivity contribution is 5.27. The highest BCUT2D eigenvalue weighted by atomic mass is 16.5. The molecule has 0 aliphatic rings. The fourth-order valence-electron chi connectivity index (χ4n) is 1.69. The van der Waals surface area contributed by atoms with Crippen molar-refractivity contribution in [3.63, 3.8) is 0 Å². The van der Waals surface area contributed by atoms with E-state index in [1.54, 1.807) is 6.07 Å². The number of hydrogen-bond donors (Lipinski definition) is 2. The van der Waals surface area contributed by atoms with E-state index in [-0.39, 0.29) is 6.04 Å². The van der Waals surface area contributed by atoms with E-state index in [2.05, 4.69) is 34.7 Å². The van der Waals surface area contributed by atoms with Crippen molar-refractivity contribution in [1.29, 1.82) is 0 Å². The lowest BCUT2D eigenvalue weighted by Gasteiger charge is -2.10. The molecule has 1 aromatic carbocycles. The van der Waals surface area contributed by atoms with Crippen molar-refractivity contribution >= 4 is 5.82 Å². The van der Waals surface area contributed by atoms with Crippen LogP contribution in [-0.4, -0.2) is 11.7 Å². The quantitative estimate of drug-likeness (QED) is 0.827. The summed E-state index contributed by atoms with van der Waals surface area (Å²) in [6.07, 6.45) is 0.995. The van der Waals surface area contributed by atoms with Crippen LogP contribution >= 0.6 is 0 Å². The summed E-state index contributed by atoms with van der Waals surface area (Å²) in [5, 5.41) is 7.04. The monoisotopic (exact) mass is 231 g/mol. The molecule has 0 radical (unpaired) electrons. The molecule has 1 unspecified atom stereocenters. The van der Waals surface area contributed by atoms with Crippen LogP contribution in [-0.2, 0) is 6.42 Å². The van der Waals surface area contributed by atoms with E-state index >= 15 is 0 Å². The first-order chi connectivity index (χ1) is 8.25. The van der Waals surface area contributed by atoms with Crippen LogP contribution in [0.1, 0.15) is 24.3 Å². The van der Waals surface area contributed by atoms with E-state index in [9.17, 15) is 0 Å². The first kappa shape index (κ1) is 11.7. The number of benzene rings is 1. The zero-order valence-corrected chi connectivity index (χ0v) is 9.89. The molecule has 2 aromatic rings. The van der Waals surface area contributed by atoms with Gasteiger partial charge in [-0.25, -0.2) is 0 Å². The number of nitrogen functional groups attached to an aromatic ring is 1. The normalized spacial score (nSPS) is 12.5. The van der Waals surface area contributed by atoms with Gasteiger partial charge in [0.1, 0.15) is 0 Å². The topological polar surface area (TPSA) is 64.1 Å². The molecule has 0 fully saturated rings. The zero-order chi connectivity index (χ0) is 12.1. The third-order valence-corrected chi connectivity index (χ3v) is 2.68. The molecular weight excluding hydrogens is 214 g/mol. The maximum absolute atomic E-state index is 5.50. The molecular formula is C13H17N3O. The van der Waals surface area contributed by atoms with Gasteiger partial charge < -0.3 is 15.6 Å². The predicted octanol–water partition coefficient (Wildman–Crippen LogP) is 2.15. The molecule has 3 N–H and O–H groups in total. The summed E-state index contributed by atoms with van der Waals surface area (Å²) >= 11 is 0. The first-order valence-electron chi connectivity index (χ1n) is 5.75. The number of nitrogens with two attached hydrogens (primary N) is 1. The van der Waals surface area contributed by atoms with Gasteiger partial charge in [0.05, 0.1) is 6.04 Å². The van der Waals surface area contributed by atoms with E-state index in [0.717, 1.165) is 18.7 Å². The fourth-order valence-corrected chi connectivity index (χ4v) is 1.69. The standard InChI is InChI=1S/C13H17N3O/c1-10(12-9-13(14)16-17-12)15-8-7-11-5-3-2-4-6-11/h2-6,9-10,15H,7-8H2,1H3,(H2,14,16). The second-order valence-corrected chi connectivity index (χ2v) is 4.07. The SMILES string of the molecule is CC(NCCc1ccccc1)c1cc(N)no1. The minimum Gasteiger partial charge on any atom is -0.381 e. The van der Waals surface area contributed by atoms with E-state index in [4.69, 9.17) is 10.3 Å². The maximum Gasteiger partial charge on any atom is 0.167 e. The van der Waals surface area contributed by atoms with Crippen LogP contribution in [0, 0.1) is 0 Å². The summed E-state index contributed by atoms with van der Waals surface area (Å²) in [6, 6.07) is 12.3. The second kappa shape index (κ2) is 5.50. The Bertz CT molecular complexity index is 453. The van der Waals surface area contributed by atoms with Gasteiger partial charge in [-0.3, -0.25) is 0 Å². The van der Waals surface area contributed by atoms with Crippen LogP contribution in [0.15, 0.2) is 40.9 Å². The fraction of sp³-hybridized carbons (Fsp3) is 0.308. The van der Waals surface area contributed by atoms with Gasteiger partial charge in [-0.2, -0.15) is 0 Å². The van der Waals surface area contributed by atoms with E-state index < -0.39 is 0 Å². The van der Waals surface area contributed by atoms with Gasteiger partial charge in [-0.15, -0.1) is 0 Å². The van der Waals surface area contributed by atoms with Crippen molar-refractivity contribution in [1.82, 2.24) is 10.5 Å². The molecule has 4 nitrogen and oxygen atoms in total. The second-order valence-electron chi connectivity index (χ2n) is 4.07. The Morgan fingerprint density at radius 1 is 1.35 bits per heavy atom. The third kappa shape index (κ3) is 3.32. The van der Waals surface area contributed by atoms with Gasteiger partial charge in [0, 0.05) is 6.07 Å².